The van der Waals surface area contributed by atoms with Gasteiger partial charge in [-0.05, 0) is 47.3 Å². The average molecular weight is 381 g/mol. The van der Waals surface area contributed by atoms with Gasteiger partial charge in [0.2, 0.25) is 0 Å². The van der Waals surface area contributed by atoms with Crippen LogP contribution in [0.1, 0.15) is 39.7 Å². The molecule has 0 saturated heterocycles. The van der Waals surface area contributed by atoms with Crippen molar-refractivity contribution in [2.45, 2.75) is 52.2 Å². The summed E-state index contributed by atoms with van der Waals surface area (Å²) in [5.74, 6) is 1.94. The lowest BCUT2D eigenvalue weighted by atomic mass is 9.61. The third-order valence-corrected chi connectivity index (χ3v) is 13.5. The Kier molecular flexibility index (Phi) is 4.30. The number of allylic oxidation sites excluding steroid dienone is 3. The normalized spacial score (nSPS) is 29.3. The van der Waals surface area contributed by atoms with Gasteiger partial charge in [-0.3, -0.25) is 0 Å². The molecule has 1 aromatic carbocycles. The van der Waals surface area contributed by atoms with Gasteiger partial charge in [-0.1, -0.05) is 75.5 Å². The zero-order chi connectivity index (χ0) is 19.6. The molecule has 2 nitrogen and oxygen atoms in total. The summed E-state index contributed by atoms with van der Waals surface area (Å²) in [5, 5.41) is 2.04. The molecule has 0 N–H and O–H groups in total. The molecule has 1 fully saturated rings. The Bertz CT molecular complexity index is 826. The molecule has 3 aliphatic rings. The number of rotatable bonds is 4. The Balaban J connectivity index is 1.75. The second kappa shape index (κ2) is 6.20. The van der Waals surface area contributed by atoms with Gasteiger partial charge >= 0.3 is 5.97 Å². The minimum atomic E-state index is -1.56. The number of esters is 1. The van der Waals surface area contributed by atoms with Crippen LogP contribution in [-0.4, -0.2) is 20.7 Å². The fourth-order valence-electron chi connectivity index (χ4n) is 5.51. The first-order valence-corrected chi connectivity index (χ1v) is 13.4. The van der Waals surface area contributed by atoms with E-state index < -0.39 is 8.07 Å². The lowest BCUT2D eigenvalue weighted by molar-refractivity contribution is -0.139. The summed E-state index contributed by atoms with van der Waals surface area (Å²) in [6.45, 7) is 14.5. The molecule has 3 heteroatoms. The van der Waals surface area contributed by atoms with E-state index in [9.17, 15) is 4.79 Å². The van der Waals surface area contributed by atoms with Gasteiger partial charge in [-0.25, -0.2) is 4.79 Å². The first kappa shape index (κ1) is 18.7. The quantitative estimate of drug-likeness (QED) is 0.482. The van der Waals surface area contributed by atoms with Crippen molar-refractivity contribution in [3.63, 3.8) is 0 Å². The predicted molar refractivity (Wildman–Crippen MR) is 114 cm³/mol. The van der Waals surface area contributed by atoms with E-state index in [0.717, 1.165) is 5.57 Å². The van der Waals surface area contributed by atoms with E-state index in [-0.39, 0.29) is 5.97 Å². The van der Waals surface area contributed by atoms with Crippen molar-refractivity contribution in [1.29, 1.82) is 0 Å². The predicted octanol–water partition coefficient (Wildman–Crippen LogP) is 5.87. The molecule has 2 bridgehead atoms. The third-order valence-electron chi connectivity index (χ3n) is 7.73. The highest BCUT2D eigenvalue weighted by Gasteiger charge is 2.61. The van der Waals surface area contributed by atoms with E-state index in [1.807, 2.05) is 13.0 Å². The summed E-state index contributed by atoms with van der Waals surface area (Å²) in [4.78, 5) is 12.9. The minimum Gasteiger partial charge on any atom is -0.463 e. The molecule has 0 aromatic heterocycles. The Morgan fingerprint density at radius 2 is 1.81 bits per heavy atom. The van der Waals surface area contributed by atoms with E-state index in [1.54, 1.807) is 5.20 Å². The van der Waals surface area contributed by atoms with E-state index >= 15 is 0 Å². The largest absolute Gasteiger partial charge is 0.463 e. The summed E-state index contributed by atoms with van der Waals surface area (Å²) in [5.41, 5.74) is 3.44. The minimum absolute atomic E-state index is 0.0836. The first-order valence-electron chi connectivity index (χ1n) is 10.4. The van der Waals surface area contributed by atoms with Crippen molar-refractivity contribution in [2.75, 3.05) is 6.61 Å². The van der Waals surface area contributed by atoms with Crippen molar-refractivity contribution in [2.24, 2.45) is 23.7 Å². The van der Waals surface area contributed by atoms with Crippen LogP contribution in [0.3, 0.4) is 0 Å². The van der Waals surface area contributed by atoms with Gasteiger partial charge in [0.1, 0.15) is 0 Å². The molecular weight excluding hydrogens is 348 g/mol. The van der Waals surface area contributed by atoms with Crippen LogP contribution >= 0.6 is 0 Å². The zero-order valence-corrected chi connectivity index (χ0v) is 18.5. The fourth-order valence-corrected chi connectivity index (χ4v) is 8.23. The SMILES string of the molecule is CCOC(=O)C1=C(c2ccccc2)[C@@H]2[C@H]1[C@@H]1C[C@H]2C=C1[Si](C)(C)C(C)(C)C. The summed E-state index contributed by atoms with van der Waals surface area (Å²) < 4.78 is 5.50. The lowest BCUT2D eigenvalue weighted by Gasteiger charge is -2.48. The van der Waals surface area contributed by atoms with Gasteiger partial charge in [-0.15, -0.1) is 0 Å². The van der Waals surface area contributed by atoms with E-state index in [4.69, 9.17) is 4.74 Å². The number of ether oxygens (including phenoxy) is 1. The van der Waals surface area contributed by atoms with Crippen LogP contribution in [0.5, 0.6) is 0 Å². The number of hydrogen-bond donors (Lipinski definition) is 0. The number of fused-ring (bicyclic) bond motifs is 5. The molecule has 0 aliphatic heterocycles. The highest BCUT2D eigenvalue weighted by atomic mass is 28.3. The smallest absolute Gasteiger partial charge is 0.334 e. The molecule has 0 spiro atoms. The van der Waals surface area contributed by atoms with Crippen molar-refractivity contribution in [3.8, 4) is 0 Å². The Morgan fingerprint density at radius 1 is 1.15 bits per heavy atom. The van der Waals surface area contributed by atoms with Crippen LogP contribution in [-0.2, 0) is 9.53 Å². The van der Waals surface area contributed by atoms with Gasteiger partial charge in [0, 0.05) is 11.5 Å². The summed E-state index contributed by atoms with van der Waals surface area (Å²) in [6, 6.07) is 10.5. The van der Waals surface area contributed by atoms with Gasteiger partial charge in [-0.2, -0.15) is 0 Å². The van der Waals surface area contributed by atoms with Crippen LogP contribution in [0, 0.1) is 23.7 Å². The highest BCUT2D eigenvalue weighted by molar-refractivity contribution is 6.87. The number of carbonyl (C=O) groups excluding carboxylic acids is 1. The van der Waals surface area contributed by atoms with Crippen molar-refractivity contribution in [1.82, 2.24) is 0 Å². The van der Waals surface area contributed by atoms with Gasteiger partial charge < -0.3 is 4.74 Å². The molecule has 3 aliphatic carbocycles. The highest BCUT2D eigenvalue weighted by Crippen LogP contribution is 2.67. The maximum absolute atomic E-state index is 12.9. The number of hydrogen-bond acceptors (Lipinski definition) is 2. The molecule has 27 heavy (non-hydrogen) atoms. The lowest BCUT2D eigenvalue weighted by Crippen LogP contribution is -2.47. The maximum atomic E-state index is 12.9. The maximum Gasteiger partial charge on any atom is 0.334 e. The van der Waals surface area contributed by atoms with Crippen LogP contribution in [0.15, 0.2) is 47.2 Å². The molecule has 144 valence electrons. The van der Waals surface area contributed by atoms with E-state index in [0.29, 0.717) is 35.3 Å². The Hall–Kier alpha value is -1.61. The first-order chi connectivity index (χ1) is 12.7. The van der Waals surface area contributed by atoms with E-state index in [2.05, 4.69) is 64.2 Å². The summed E-state index contributed by atoms with van der Waals surface area (Å²) >= 11 is 0. The van der Waals surface area contributed by atoms with Gasteiger partial charge in [0.15, 0.2) is 0 Å². The molecule has 4 rings (SSSR count). The summed E-state index contributed by atoms with van der Waals surface area (Å²) in [6.07, 6.45) is 3.84. The monoisotopic (exact) mass is 380 g/mol. The molecule has 0 heterocycles. The molecule has 0 unspecified atom stereocenters. The van der Waals surface area contributed by atoms with Crippen LogP contribution < -0.4 is 0 Å². The molecule has 0 amide bonds. The van der Waals surface area contributed by atoms with Gasteiger partial charge in [0.05, 0.1) is 14.7 Å². The van der Waals surface area contributed by atoms with Crippen LogP contribution in [0.25, 0.3) is 5.57 Å². The number of benzene rings is 1. The topological polar surface area (TPSA) is 26.3 Å². The standard InChI is InChI=1S/C24H32O2Si/c1-7-26-23(25)22-19(15-11-9-8-10-12-15)20-16-13-17(21(20)22)18(14-16)27(5,6)24(2,3)4/h8-12,14,16-17,20-21H,7,13H2,1-6H3/t16-,17+,20+,21+/m0/s1. The Labute approximate surface area is 164 Å². The summed E-state index contributed by atoms with van der Waals surface area (Å²) in [7, 11) is -1.56. The third kappa shape index (κ3) is 2.61. The average Bonchev–Trinajstić information content (AvgIpc) is 3.10. The fraction of sp³-hybridized carbons (Fsp3) is 0.542. The molecule has 1 aromatic rings. The second-order valence-corrected chi connectivity index (χ2v) is 15.3. The van der Waals surface area contributed by atoms with Crippen molar-refractivity contribution in [3.05, 3.63) is 52.7 Å². The molecular formula is C24H32O2Si. The second-order valence-electron chi connectivity index (χ2n) is 9.97. The Morgan fingerprint density at radius 3 is 2.41 bits per heavy atom. The molecule has 4 atom stereocenters. The molecule has 0 radical (unpaired) electrons. The number of carbonyl (C=O) groups is 1. The van der Waals surface area contributed by atoms with Crippen molar-refractivity contribution >= 4 is 19.6 Å². The van der Waals surface area contributed by atoms with Crippen LogP contribution in [0.4, 0.5) is 0 Å². The van der Waals surface area contributed by atoms with Gasteiger partial charge in [0.25, 0.3) is 0 Å². The zero-order valence-electron chi connectivity index (χ0n) is 17.5. The van der Waals surface area contributed by atoms with E-state index in [1.165, 1.54) is 17.6 Å². The molecule has 1 saturated carbocycles. The van der Waals surface area contributed by atoms with Crippen molar-refractivity contribution < 1.29 is 9.53 Å². The van der Waals surface area contributed by atoms with Crippen LogP contribution in [0.2, 0.25) is 18.1 Å².